The second-order valence-electron chi connectivity index (χ2n) is 22.5. The van der Waals surface area contributed by atoms with Gasteiger partial charge in [-0.3, -0.25) is 19.2 Å². The zero-order chi connectivity index (χ0) is 43.4. The highest BCUT2D eigenvalue weighted by Gasteiger charge is 2.70. The molecule has 10 heteroatoms. The number of allylic oxidation sites excluding steroid dienone is 2. The number of hydrogen-bond donors (Lipinski definition) is 2. The second-order valence-corrected chi connectivity index (χ2v) is 22.9. The van der Waals surface area contributed by atoms with Gasteiger partial charge >= 0.3 is 11.9 Å². The molecule has 6 fully saturated rings. The van der Waals surface area contributed by atoms with Crippen LogP contribution in [0.3, 0.4) is 0 Å². The molecule has 11 atom stereocenters. The molecule has 1 aromatic carbocycles. The monoisotopic (exact) mass is 847 g/mol. The molecule has 0 radical (unpaired) electrons. The van der Waals surface area contributed by atoms with Crippen molar-refractivity contribution in [3.8, 4) is 5.75 Å². The predicted octanol–water partition coefficient (Wildman–Crippen LogP) is 10.3. The standard InChI is InChI=1S/C50H70ClNO8/c1-28(2)40-35(53)26-50(21-22-52-42(54)31-11-10-29(51)24-36(31)59-30-16-23-58-27-30)20-19-48(8)32(41(40)50)12-13-38-47(7)17-15-39(46(5,6)37(47)14-18-49(38,48)9)60-44(57)34-25-33(43(55)56)45(34,3)4/h10-11,24,28,30,32-34,37-39H,12-23,25-27H2,1-9H3,(H,52,54)(H,55,56)/t30-,32+,33-,34+,37-,38+,39-,47-,48+,49+,50+/m0/s1. The van der Waals surface area contributed by atoms with Crippen molar-refractivity contribution in [1.82, 2.24) is 5.32 Å². The lowest BCUT2D eigenvalue weighted by atomic mass is 9.33. The zero-order valence-corrected chi connectivity index (χ0v) is 38.4. The largest absolute Gasteiger partial charge is 0.487 e. The van der Waals surface area contributed by atoms with Gasteiger partial charge in [0.25, 0.3) is 5.91 Å². The Balaban J connectivity index is 1.00. The molecule has 5 saturated carbocycles. The number of esters is 1. The van der Waals surface area contributed by atoms with Crippen LogP contribution in [0.1, 0.15) is 150 Å². The molecule has 1 aromatic rings. The van der Waals surface area contributed by atoms with E-state index in [4.69, 9.17) is 25.8 Å². The number of rotatable bonds is 10. The first kappa shape index (κ1) is 43.7. The molecule has 330 valence electrons. The molecule has 2 N–H and O–H groups in total. The van der Waals surface area contributed by atoms with E-state index in [1.165, 1.54) is 5.57 Å². The summed E-state index contributed by atoms with van der Waals surface area (Å²) in [4.78, 5) is 53.5. The van der Waals surface area contributed by atoms with Crippen LogP contribution < -0.4 is 10.1 Å². The Bertz CT molecular complexity index is 1970. The number of nitrogens with one attached hydrogen (secondary N) is 1. The SMILES string of the molecule is CC(C)C1=C2[C@H]3CC[C@@H]4[C@@]5(C)CC[C@H](OC(=O)[C@H]6C[C@@H](C(=O)O)C6(C)C)C(C)(C)[C@@H]5CC[C@@]4(C)[C@]3(C)CC[C@@]2(CCNC(=O)c2ccc(Cl)cc2O[C@H]2CCOC2)CC1=O. The van der Waals surface area contributed by atoms with Gasteiger partial charge in [-0.2, -0.15) is 0 Å². The van der Waals surface area contributed by atoms with Crippen LogP contribution in [0.4, 0.5) is 0 Å². The number of carboxylic acids is 1. The van der Waals surface area contributed by atoms with E-state index in [2.05, 4.69) is 53.8 Å². The van der Waals surface area contributed by atoms with Crippen molar-refractivity contribution in [2.45, 2.75) is 152 Å². The summed E-state index contributed by atoms with van der Waals surface area (Å²) in [6.45, 7) is 22.1. The number of benzene rings is 1. The normalized spacial score (nSPS) is 40.1. The molecule has 6 aliphatic carbocycles. The molecule has 7 aliphatic rings. The first-order valence-electron chi connectivity index (χ1n) is 23.1. The van der Waals surface area contributed by atoms with Crippen LogP contribution in [-0.4, -0.2) is 60.7 Å². The van der Waals surface area contributed by atoms with Gasteiger partial charge in [0.2, 0.25) is 0 Å². The number of Topliss-reactive ketones (excluding diaryl/α,β-unsaturated/α-hetero) is 1. The lowest BCUT2D eigenvalue weighted by Gasteiger charge is -2.72. The van der Waals surface area contributed by atoms with Gasteiger partial charge in [0.15, 0.2) is 5.78 Å². The lowest BCUT2D eigenvalue weighted by Crippen LogP contribution is -2.66. The predicted molar refractivity (Wildman–Crippen MR) is 231 cm³/mol. The van der Waals surface area contributed by atoms with Crippen LogP contribution in [0, 0.1) is 68.0 Å². The molecule has 0 spiro atoms. The van der Waals surface area contributed by atoms with Gasteiger partial charge in [-0.15, -0.1) is 0 Å². The average Bonchev–Trinajstić information content (AvgIpc) is 3.77. The van der Waals surface area contributed by atoms with E-state index >= 15 is 0 Å². The van der Waals surface area contributed by atoms with Crippen LogP contribution in [0.2, 0.25) is 5.02 Å². The topological polar surface area (TPSA) is 128 Å². The van der Waals surface area contributed by atoms with Gasteiger partial charge < -0.3 is 24.6 Å². The number of carbonyl (C=O) groups is 4. The van der Waals surface area contributed by atoms with Crippen molar-refractivity contribution < 1.29 is 38.5 Å². The summed E-state index contributed by atoms with van der Waals surface area (Å²) in [5, 5.41) is 13.4. The van der Waals surface area contributed by atoms with Crippen LogP contribution in [-0.2, 0) is 23.9 Å². The Labute approximate surface area is 362 Å². The van der Waals surface area contributed by atoms with E-state index in [9.17, 15) is 24.3 Å². The third-order valence-electron chi connectivity index (χ3n) is 18.9. The Morgan fingerprint density at radius 3 is 2.32 bits per heavy atom. The fourth-order valence-electron chi connectivity index (χ4n) is 15.3. The van der Waals surface area contributed by atoms with Crippen LogP contribution in [0.25, 0.3) is 0 Å². The van der Waals surface area contributed by atoms with Gasteiger partial charge in [-0.05, 0) is 133 Å². The molecule has 1 amide bonds. The molecule has 1 heterocycles. The molecule has 8 rings (SSSR count). The number of ketones is 1. The third-order valence-corrected chi connectivity index (χ3v) is 19.1. The van der Waals surface area contributed by atoms with E-state index in [1.807, 2.05) is 13.8 Å². The van der Waals surface area contributed by atoms with Crippen LogP contribution in [0.15, 0.2) is 29.3 Å². The van der Waals surface area contributed by atoms with E-state index < -0.39 is 17.3 Å². The number of ether oxygens (including phenoxy) is 3. The maximum Gasteiger partial charge on any atom is 0.309 e. The van der Waals surface area contributed by atoms with E-state index in [0.29, 0.717) is 72.5 Å². The third kappa shape index (κ3) is 6.62. The smallest absolute Gasteiger partial charge is 0.309 e. The first-order chi connectivity index (χ1) is 28.1. The van der Waals surface area contributed by atoms with Crippen LogP contribution in [0.5, 0.6) is 5.75 Å². The van der Waals surface area contributed by atoms with Crippen molar-refractivity contribution >= 4 is 35.2 Å². The molecule has 0 bridgehead atoms. The van der Waals surface area contributed by atoms with Gasteiger partial charge in [-0.25, -0.2) is 0 Å². The zero-order valence-electron chi connectivity index (χ0n) is 37.6. The number of fused-ring (bicyclic) bond motifs is 7. The molecule has 0 unspecified atom stereocenters. The molecule has 60 heavy (non-hydrogen) atoms. The van der Waals surface area contributed by atoms with Crippen LogP contribution >= 0.6 is 11.6 Å². The highest BCUT2D eigenvalue weighted by molar-refractivity contribution is 6.30. The summed E-state index contributed by atoms with van der Waals surface area (Å²) in [7, 11) is 0. The van der Waals surface area contributed by atoms with Crippen molar-refractivity contribution in [1.29, 1.82) is 0 Å². The number of amides is 1. The maximum absolute atomic E-state index is 14.2. The average molecular weight is 849 g/mol. The highest BCUT2D eigenvalue weighted by atomic mass is 35.5. The fourth-order valence-corrected chi connectivity index (χ4v) is 15.4. The summed E-state index contributed by atoms with van der Waals surface area (Å²) in [5.41, 5.74) is 1.99. The Hall–Kier alpha value is -2.91. The molecule has 0 aromatic heterocycles. The summed E-state index contributed by atoms with van der Waals surface area (Å²) >= 11 is 6.35. The highest BCUT2D eigenvalue weighted by Crippen LogP contribution is 2.77. The summed E-state index contributed by atoms with van der Waals surface area (Å²) in [6.07, 6.45) is 10.2. The number of hydrogen-bond acceptors (Lipinski definition) is 7. The van der Waals surface area contributed by atoms with Gasteiger partial charge in [0.1, 0.15) is 18.0 Å². The van der Waals surface area contributed by atoms with Crippen molar-refractivity contribution in [3.63, 3.8) is 0 Å². The number of aliphatic carboxylic acids is 1. The van der Waals surface area contributed by atoms with Crippen molar-refractivity contribution in [3.05, 3.63) is 39.9 Å². The quantitative estimate of drug-likeness (QED) is 0.223. The summed E-state index contributed by atoms with van der Waals surface area (Å²) in [6, 6.07) is 5.17. The molecule has 1 aliphatic heterocycles. The summed E-state index contributed by atoms with van der Waals surface area (Å²) < 4.78 is 18.1. The Morgan fingerprint density at radius 1 is 0.900 bits per heavy atom. The maximum atomic E-state index is 14.2. The van der Waals surface area contributed by atoms with Gasteiger partial charge in [-0.1, -0.05) is 79.5 Å². The number of halogens is 1. The molecular weight excluding hydrogens is 778 g/mol. The number of carboxylic acid groups (broad SMARTS) is 1. The molecule has 9 nitrogen and oxygen atoms in total. The van der Waals surface area contributed by atoms with Crippen molar-refractivity contribution in [2.24, 2.45) is 68.0 Å². The minimum absolute atomic E-state index is 0.0141. The Morgan fingerprint density at radius 2 is 1.65 bits per heavy atom. The first-order valence-corrected chi connectivity index (χ1v) is 23.5. The lowest BCUT2D eigenvalue weighted by molar-refractivity contribution is -0.236. The number of carbonyl (C=O) groups excluding carboxylic acids is 3. The van der Waals surface area contributed by atoms with E-state index in [1.54, 1.807) is 18.2 Å². The van der Waals surface area contributed by atoms with Gasteiger partial charge in [0, 0.05) is 35.2 Å². The van der Waals surface area contributed by atoms with Crippen molar-refractivity contribution in [2.75, 3.05) is 19.8 Å². The Kier molecular flexibility index (Phi) is 11.0. The minimum atomic E-state index is -0.833. The molecule has 1 saturated heterocycles. The van der Waals surface area contributed by atoms with Gasteiger partial charge in [0.05, 0.1) is 30.6 Å². The summed E-state index contributed by atoms with van der Waals surface area (Å²) in [5.74, 6) is -0.0519. The fraction of sp³-hybridized carbons (Fsp3) is 0.760. The second kappa shape index (κ2) is 15.1. The van der Waals surface area contributed by atoms with E-state index in [-0.39, 0.29) is 63.0 Å². The molecular formula is C50H70ClNO8. The minimum Gasteiger partial charge on any atom is -0.487 e. The van der Waals surface area contributed by atoms with E-state index in [0.717, 1.165) is 69.8 Å².